The second-order valence-electron chi connectivity index (χ2n) is 6.30. The second kappa shape index (κ2) is 7.70. The smallest absolute Gasteiger partial charge is 0.252 e. The Kier molecular flexibility index (Phi) is 5.38. The zero-order valence-electron chi connectivity index (χ0n) is 14.4. The Morgan fingerprint density at radius 3 is 2.50 bits per heavy atom. The van der Waals surface area contributed by atoms with Crippen LogP contribution in [0.25, 0.3) is 0 Å². The molecule has 0 aliphatic carbocycles. The van der Waals surface area contributed by atoms with E-state index in [1.165, 1.54) is 23.3 Å². The molecule has 0 aliphatic rings. The van der Waals surface area contributed by atoms with Gasteiger partial charge in [-0.3, -0.25) is 9.89 Å². The molecule has 2 aromatic carbocycles. The van der Waals surface area contributed by atoms with Gasteiger partial charge in [0.1, 0.15) is 5.82 Å². The van der Waals surface area contributed by atoms with E-state index in [2.05, 4.69) is 34.5 Å². The minimum Gasteiger partial charge on any atom is -0.365 e. The number of hydrogen-bond donors (Lipinski definition) is 2. The van der Waals surface area contributed by atoms with Crippen molar-refractivity contribution in [1.82, 2.24) is 10.2 Å². The lowest BCUT2D eigenvalue weighted by Crippen LogP contribution is -2.15. The number of aromatic nitrogens is 2. The van der Waals surface area contributed by atoms with Gasteiger partial charge in [0.25, 0.3) is 5.91 Å². The van der Waals surface area contributed by atoms with Gasteiger partial charge < -0.3 is 5.73 Å². The van der Waals surface area contributed by atoms with Crippen molar-refractivity contribution in [1.29, 1.82) is 0 Å². The molecule has 0 spiro atoms. The number of primary amides is 1. The fourth-order valence-corrected chi connectivity index (χ4v) is 3.10. The molecule has 0 fully saturated rings. The van der Waals surface area contributed by atoms with Crippen LogP contribution in [0.5, 0.6) is 0 Å². The van der Waals surface area contributed by atoms with E-state index in [-0.39, 0.29) is 5.02 Å². The van der Waals surface area contributed by atoms with E-state index in [1.54, 1.807) is 6.07 Å². The number of aryl methyl sites for hydroxylation is 3. The van der Waals surface area contributed by atoms with Crippen LogP contribution >= 0.6 is 11.6 Å². The first-order valence-corrected chi connectivity index (χ1v) is 8.67. The van der Waals surface area contributed by atoms with Crippen molar-refractivity contribution in [2.24, 2.45) is 5.73 Å². The molecule has 3 rings (SSSR count). The molecule has 26 heavy (non-hydrogen) atoms. The molecule has 3 N–H and O–H groups in total. The Balaban J connectivity index is 1.80. The van der Waals surface area contributed by atoms with Crippen molar-refractivity contribution in [3.63, 3.8) is 0 Å². The normalized spacial score (nSPS) is 10.9. The minimum atomic E-state index is -0.527. The lowest BCUT2D eigenvalue weighted by Gasteiger charge is -2.05. The van der Waals surface area contributed by atoms with Gasteiger partial charge in [-0.25, -0.2) is 4.39 Å². The Morgan fingerprint density at radius 1 is 1.15 bits per heavy atom. The Hall–Kier alpha value is -2.66. The van der Waals surface area contributed by atoms with Gasteiger partial charge in [0, 0.05) is 6.42 Å². The molecule has 0 saturated carbocycles. The summed E-state index contributed by atoms with van der Waals surface area (Å²) in [4.78, 5) is 11.9. The Bertz CT molecular complexity index is 935. The zero-order valence-corrected chi connectivity index (χ0v) is 15.1. The van der Waals surface area contributed by atoms with E-state index < -0.39 is 11.7 Å². The molecule has 1 aromatic heterocycles. The van der Waals surface area contributed by atoms with E-state index in [9.17, 15) is 9.18 Å². The van der Waals surface area contributed by atoms with Crippen LogP contribution in [0.2, 0.25) is 5.02 Å². The number of aromatic amines is 1. The number of halogens is 2. The summed E-state index contributed by atoms with van der Waals surface area (Å²) in [6.45, 7) is 2.04. The molecule has 4 nitrogen and oxygen atoms in total. The highest BCUT2D eigenvalue weighted by Crippen LogP contribution is 2.21. The summed E-state index contributed by atoms with van der Waals surface area (Å²) in [7, 11) is 0. The second-order valence-corrected chi connectivity index (χ2v) is 6.71. The van der Waals surface area contributed by atoms with Gasteiger partial charge in [-0.05, 0) is 43.0 Å². The van der Waals surface area contributed by atoms with Gasteiger partial charge in [-0.2, -0.15) is 5.10 Å². The first-order valence-electron chi connectivity index (χ1n) is 8.29. The molecule has 0 unspecified atom stereocenters. The average Bonchev–Trinajstić information content (AvgIpc) is 3.00. The van der Waals surface area contributed by atoms with Crippen LogP contribution in [-0.2, 0) is 19.3 Å². The number of carbonyl (C=O) groups excluding carboxylic acids is 1. The standard InChI is InChI=1S/C20H19ClFN3O/c1-12-2-4-13(5-3-12)7-9-17-19(20(23)26)18(25-24-17)11-14-6-8-16(22)15(21)10-14/h2-6,8,10H,7,9,11H2,1H3,(H2,23,26)(H,24,25). The highest BCUT2D eigenvalue weighted by molar-refractivity contribution is 6.30. The number of benzene rings is 2. The fourth-order valence-electron chi connectivity index (χ4n) is 2.89. The molecule has 0 saturated heterocycles. The third-order valence-electron chi connectivity index (χ3n) is 4.30. The fraction of sp³-hybridized carbons (Fsp3) is 0.200. The Labute approximate surface area is 156 Å². The maximum atomic E-state index is 13.3. The third-order valence-corrected chi connectivity index (χ3v) is 4.59. The molecular formula is C20H19ClFN3O. The highest BCUT2D eigenvalue weighted by atomic mass is 35.5. The molecule has 134 valence electrons. The zero-order chi connectivity index (χ0) is 18.7. The van der Waals surface area contributed by atoms with E-state index in [4.69, 9.17) is 17.3 Å². The number of hydrogen-bond acceptors (Lipinski definition) is 2. The highest BCUT2D eigenvalue weighted by Gasteiger charge is 2.18. The number of carbonyl (C=O) groups is 1. The van der Waals surface area contributed by atoms with Crippen molar-refractivity contribution < 1.29 is 9.18 Å². The molecule has 0 atom stereocenters. The number of rotatable bonds is 6. The predicted octanol–water partition coefficient (Wildman–Crippen LogP) is 3.99. The number of nitrogens with two attached hydrogens (primary N) is 1. The molecule has 6 heteroatoms. The van der Waals surface area contributed by atoms with Crippen molar-refractivity contribution in [3.05, 3.63) is 86.9 Å². The molecule has 0 radical (unpaired) electrons. The molecular weight excluding hydrogens is 353 g/mol. The van der Waals surface area contributed by atoms with E-state index in [0.717, 1.165) is 12.0 Å². The van der Waals surface area contributed by atoms with E-state index >= 15 is 0 Å². The molecule has 1 heterocycles. The van der Waals surface area contributed by atoms with Gasteiger partial charge in [0.15, 0.2) is 0 Å². The molecule has 0 bridgehead atoms. The van der Waals surface area contributed by atoms with Crippen LogP contribution in [0.15, 0.2) is 42.5 Å². The van der Waals surface area contributed by atoms with E-state index in [1.807, 2.05) is 6.92 Å². The van der Waals surface area contributed by atoms with Crippen molar-refractivity contribution in [2.75, 3.05) is 0 Å². The van der Waals surface area contributed by atoms with Gasteiger partial charge in [-0.15, -0.1) is 0 Å². The minimum absolute atomic E-state index is 0.0437. The van der Waals surface area contributed by atoms with Crippen molar-refractivity contribution in [2.45, 2.75) is 26.2 Å². The lowest BCUT2D eigenvalue weighted by molar-refractivity contribution is 0.0998. The molecule has 1 amide bonds. The quantitative estimate of drug-likeness (QED) is 0.687. The summed E-state index contributed by atoms with van der Waals surface area (Å²) in [6, 6.07) is 12.7. The number of H-pyrrole nitrogens is 1. The van der Waals surface area contributed by atoms with Crippen LogP contribution in [0.3, 0.4) is 0 Å². The lowest BCUT2D eigenvalue weighted by atomic mass is 10.0. The first-order chi connectivity index (χ1) is 12.4. The first kappa shape index (κ1) is 18.1. The maximum Gasteiger partial charge on any atom is 0.252 e. The average molecular weight is 372 g/mol. The van der Waals surface area contributed by atoms with Crippen LogP contribution in [0, 0.1) is 12.7 Å². The van der Waals surface area contributed by atoms with Gasteiger partial charge >= 0.3 is 0 Å². The Morgan fingerprint density at radius 2 is 1.85 bits per heavy atom. The summed E-state index contributed by atoms with van der Waals surface area (Å²) >= 11 is 5.82. The van der Waals surface area contributed by atoms with Crippen LogP contribution < -0.4 is 5.73 Å². The molecule has 0 aliphatic heterocycles. The largest absolute Gasteiger partial charge is 0.365 e. The predicted molar refractivity (Wildman–Crippen MR) is 99.9 cm³/mol. The van der Waals surface area contributed by atoms with Gasteiger partial charge in [0.2, 0.25) is 0 Å². The number of amides is 1. The topological polar surface area (TPSA) is 71.8 Å². The monoisotopic (exact) mass is 371 g/mol. The van der Waals surface area contributed by atoms with Crippen molar-refractivity contribution >= 4 is 17.5 Å². The van der Waals surface area contributed by atoms with Crippen molar-refractivity contribution in [3.8, 4) is 0 Å². The third kappa shape index (κ3) is 4.11. The summed E-state index contributed by atoms with van der Waals surface area (Å²) in [5.41, 5.74) is 10.4. The number of nitrogens with zero attached hydrogens (tertiary/aromatic N) is 1. The van der Waals surface area contributed by atoms with E-state index in [0.29, 0.717) is 29.8 Å². The summed E-state index contributed by atoms with van der Waals surface area (Å²) in [5, 5.41) is 7.21. The van der Waals surface area contributed by atoms with Crippen LogP contribution in [0.1, 0.15) is 38.4 Å². The summed E-state index contributed by atoms with van der Waals surface area (Å²) in [5.74, 6) is -1.00. The van der Waals surface area contributed by atoms with Gasteiger partial charge in [-0.1, -0.05) is 47.5 Å². The maximum absolute atomic E-state index is 13.3. The van der Waals surface area contributed by atoms with Crippen LogP contribution in [-0.4, -0.2) is 16.1 Å². The molecule has 3 aromatic rings. The SMILES string of the molecule is Cc1ccc(CCc2n[nH]c(Cc3ccc(F)c(Cl)c3)c2C(N)=O)cc1. The van der Waals surface area contributed by atoms with Gasteiger partial charge in [0.05, 0.1) is 22.0 Å². The number of nitrogens with one attached hydrogen (secondary N) is 1. The summed E-state index contributed by atoms with van der Waals surface area (Å²) < 4.78 is 13.3. The summed E-state index contributed by atoms with van der Waals surface area (Å²) in [6.07, 6.45) is 1.73. The van der Waals surface area contributed by atoms with Crippen LogP contribution in [0.4, 0.5) is 4.39 Å².